The van der Waals surface area contributed by atoms with Crippen LogP contribution in [-0.2, 0) is 4.74 Å². The van der Waals surface area contributed by atoms with E-state index in [1.165, 1.54) is 12.8 Å². The molecule has 1 unspecified atom stereocenters. The van der Waals surface area contributed by atoms with E-state index in [4.69, 9.17) is 21.3 Å². The van der Waals surface area contributed by atoms with Crippen molar-refractivity contribution in [2.75, 3.05) is 31.6 Å². The fraction of sp³-hybridized carbons (Fsp3) is 0.560. The molecule has 6 rings (SSSR count). The Morgan fingerprint density at radius 3 is 2.68 bits per heavy atom. The van der Waals surface area contributed by atoms with Gasteiger partial charge in [0.05, 0.1) is 42.1 Å². The first kappa shape index (κ1) is 22.2. The predicted molar refractivity (Wildman–Crippen MR) is 132 cm³/mol. The number of benzene rings is 1. The van der Waals surface area contributed by atoms with Crippen molar-refractivity contribution in [3.05, 3.63) is 40.7 Å². The third kappa shape index (κ3) is 3.96. The van der Waals surface area contributed by atoms with Crippen molar-refractivity contribution in [1.82, 2.24) is 24.6 Å². The summed E-state index contributed by atoms with van der Waals surface area (Å²) in [6.07, 6.45) is 5.71. The number of hydrogen-bond donors (Lipinski definition) is 2. The first-order valence-corrected chi connectivity index (χ1v) is 12.6. The van der Waals surface area contributed by atoms with Crippen LogP contribution >= 0.6 is 11.6 Å². The number of aliphatic hydroxyl groups is 1. The molecule has 4 heterocycles. The first-order valence-electron chi connectivity index (χ1n) is 12.2. The Hall–Kier alpha value is -2.26. The summed E-state index contributed by atoms with van der Waals surface area (Å²) >= 11 is 6.73. The van der Waals surface area contributed by atoms with Crippen molar-refractivity contribution in [3.8, 4) is 0 Å². The Kier molecular flexibility index (Phi) is 5.52. The zero-order valence-corrected chi connectivity index (χ0v) is 20.4. The molecule has 3 aliphatic rings. The second-order valence-corrected chi connectivity index (χ2v) is 10.7. The van der Waals surface area contributed by atoms with E-state index in [-0.39, 0.29) is 5.54 Å². The fourth-order valence-corrected chi connectivity index (χ4v) is 5.75. The van der Waals surface area contributed by atoms with Crippen LogP contribution in [-0.4, -0.2) is 67.7 Å². The predicted octanol–water partition coefficient (Wildman–Crippen LogP) is 4.20. The van der Waals surface area contributed by atoms with Gasteiger partial charge in [-0.15, -0.1) is 0 Å². The molecule has 2 saturated heterocycles. The van der Waals surface area contributed by atoms with Gasteiger partial charge in [0.15, 0.2) is 0 Å². The van der Waals surface area contributed by atoms with Gasteiger partial charge in [0, 0.05) is 22.7 Å². The lowest BCUT2D eigenvalue weighted by Crippen LogP contribution is -2.56. The highest BCUT2D eigenvalue weighted by Crippen LogP contribution is 2.39. The lowest BCUT2D eigenvalue weighted by Gasteiger charge is -2.43. The second kappa shape index (κ2) is 8.45. The van der Waals surface area contributed by atoms with Crippen LogP contribution in [0.5, 0.6) is 0 Å². The van der Waals surface area contributed by atoms with Crippen molar-refractivity contribution < 1.29 is 9.84 Å². The van der Waals surface area contributed by atoms with Gasteiger partial charge in [-0.25, -0.2) is 14.6 Å². The number of anilines is 2. The summed E-state index contributed by atoms with van der Waals surface area (Å²) in [7, 11) is 0. The van der Waals surface area contributed by atoms with Crippen LogP contribution in [0.1, 0.15) is 55.8 Å². The lowest BCUT2D eigenvalue weighted by atomic mass is 9.85. The third-order valence-electron chi connectivity index (χ3n) is 7.73. The maximum Gasteiger partial charge on any atom is 0.228 e. The monoisotopic (exact) mass is 482 g/mol. The Morgan fingerprint density at radius 1 is 1.18 bits per heavy atom. The van der Waals surface area contributed by atoms with Crippen LogP contribution in [0.25, 0.3) is 10.9 Å². The molecule has 0 bridgehead atoms. The van der Waals surface area contributed by atoms with Crippen LogP contribution in [0.2, 0.25) is 5.02 Å². The van der Waals surface area contributed by atoms with E-state index in [9.17, 15) is 5.11 Å². The number of fused-ring (bicyclic) bond motifs is 1. The smallest absolute Gasteiger partial charge is 0.228 e. The minimum Gasteiger partial charge on any atom is -0.389 e. The highest BCUT2D eigenvalue weighted by molar-refractivity contribution is 6.32. The van der Waals surface area contributed by atoms with Gasteiger partial charge in [0.1, 0.15) is 5.82 Å². The highest BCUT2D eigenvalue weighted by Gasteiger charge is 2.45. The number of aryl methyl sites for hydroxylation is 1. The molecule has 9 heteroatoms. The number of rotatable bonds is 5. The molecule has 2 aromatic heterocycles. The summed E-state index contributed by atoms with van der Waals surface area (Å²) in [5.74, 6) is 1.87. The number of halogens is 1. The van der Waals surface area contributed by atoms with Gasteiger partial charge < -0.3 is 15.2 Å². The topological polar surface area (TPSA) is 88.3 Å². The minimum absolute atomic E-state index is 0.294. The Bertz CT molecular complexity index is 1220. The van der Waals surface area contributed by atoms with Crippen molar-refractivity contribution >= 4 is 34.3 Å². The fourth-order valence-electron chi connectivity index (χ4n) is 5.42. The van der Waals surface area contributed by atoms with E-state index in [1.807, 2.05) is 25.3 Å². The molecule has 1 saturated carbocycles. The van der Waals surface area contributed by atoms with Gasteiger partial charge in [-0.3, -0.25) is 4.90 Å². The quantitative estimate of drug-likeness (QED) is 0.563. The second-order valence-electron chi connectivity index (χ2n) is 10.2. The molecule has 0 spiro atoms. The Morgan fingerprint density at radius 2 is 1.97 bits per heavy atom. The molecule has 2 aliphatic heterocycles. The van der Waals surface area contributed by atoms with Gasteiger partial charge in [-0.1, -0.05) is 11.6 Å². The van der Waals surface area contributed by atoms with E-state index >= 15 is 0 Å². The maximum absolute atomic E-state index is 10.4. The molecule has 2 N–H and O–H groups in total. The van der Waals surface area contributed by atoms with E-state index in [0.29, 0.717) is 31.1 Å². The van der Waals surface area contributed by atoms with Crippen molar-refractivity contribution in [1.29, 1.82) is 0 Å². The molecule has 0 amide bonds. The van der Waals surface area contributed by atoms with Crippen molar-refractivity contribution in [2.45, 2.75) is 63.1 Å². The molecular formula is C25H31ClN6O2. The zero-order chi connectivity index (χ0) is 23.4. The summed E-state index contributed by atoms with van der Waals surface area (Å²) in [6, 6.07) is 6.63. The molecule has 1 aliphatic carbocycles. The van der Waals surface area contributed by atoms with Crippen LogP contribution in [0.15, 0.2) is 24.4 Å². The van der Waals surface area contributed by atoms with E-state index in [0.717, 1.165) is 58.9 Å². The summed E-state index contributed by atoms with van der Waals surface area (Å²) in [4.78, 5) is 11.7. The summed E-state index contributed by atoms with van der Waals surface area (Å²) in [5.41, 5.74) is 2.73. The van der Waals surface area contributed by atoms with Crippen LogP contribution in [0.3, 0.4) is 0 Å². The van der Waals surface area contributed by atoms with Crippen LogP contribution in [0.4, 0.5) is 11.8 Å². The third-order valence-corrected chi connectivity index (χ3v) is 8.06. The first-order chi connectivity index (χ1) is 16.4. The molecule has 3 aromatic rings. The number of nitrogens with one attached hydrogen (secondary N) is 1. The molecule has 2 atom stereocenters. The number of piperidine rings is 1. The average Bonchev–Trinajstić information content (AvgIpc) is 3.53. The van der Waals surface area contributed by atoms with Crippen LogP contribution in [0, 0.1) is 6.92 Å². The lowest BCUT2D eigenvalue weighted by molar-refractivity contribution is -0.00211. The Balaban J connectivity index is 1.22. The van der Waals surface area contributed by atoms with E-state index in [1.54, 1.807) is 0 Å². The molecular weight excluding hydrogens is 452 g/mol. The number of aliphatic hydroxyl groups excluding tert-OH is 1. The number of aromatic nitrogens is 4. The highest BCUT2D eigenvalue weighted by atomic mass is 35.5. The summed E-state index contributed by atoms with van der Waals surface area (Å²) in [5, 5.41) is 20.1. The largest absolute Gasteiger partial charge is 0.389 e. The van der Waals surface area contributed by atoms with E-state index in [2.05, 4.69) is 38.0 Å². The molecule has 3 fully saturated rings. The minimum atomic E-state index is -0.434. The van der Waals surface area contributed by atoms with Gasteiger partial charge in [0.25, 0.3) is 0 Å². The molecule has 8 nitrogen and oxygen atoms in total. The normalized spacial score (nSPS) is 26.4. The molecule has 0 radical (unpaired) electrons. The van der Waals surface area contributed by atoms with Crippen molar-refractivity contribution in [2.24, 2.45) is 0 Å². The molecule has 34 heavy (non-hydrogen) atoms. The summed E-state index contributed by atoms with van der Waals surface area (Å²) in [6.45, 7) is 6.95. The number of hydrogen-bond acceptors (Lipinski definition) is 7. The Labute approximate surface area is 204 Å². The zero-order valence-electron chi connectivity index (χ0n) is 19.7. The van der Waals surface area contributed by atoms with Crippen LogP contribution < -0.4 is 5.32 Å². The van der Waals surface area contributed by atoms with Gasteiger partial charge >= 0.3 is 0 Å². The summed E-state index contributed by atoms with van der Waals surface area (Å²) < 4.78 is 7.60. The average molecular weight is 483 g/mol. The van der Waals surface area contributed by atoms with Crippen molar-refractivity contribution in [3.63, 3.8) is 0 Å². The SMILES string of the molecule is Cc1cc(Nc2ncc3cc(Cl)c(C4CCN([C@]5(C)COCC5O)CC4)cc3n2)n(C2CC2)n1. The van der Waals surface area contributed by atoms with Gasteiger partial charge in [-0.2, -0.15) is 5.10 Å². The standard InChI is InChI=1S/C25H31ClN6O2/c1-15-9-23(32(30-15)18-3-4-18)29-24-27-12-17-10-20(26)19(11-21(17)28-24)16-5-7-31(8-6-16)25(2)14-34-13-22(25)33/h9-12,16,18,22,33H,3-8,13-14H2,1-2H3,(H,27,28,29)/t22?,25-/m1/s1. The number of likely N-dealkylation sites (tertiary alicyclic amines) is 1. The van der Waals surface area contributed by atoms with Gasteiger partial charge in [-0.05, 0) is 76.2 Å². The number of ether oxygens (including phenoxy) is 1. The number of nitrogens with zero attached hydrogens (tertiary/aromatic N) is 5. The molecule has 180 valence electrons. The maximum atomic E-state index is 10.4. The molecule has 1 aromatic carbocycles. The van der Waals surface area contributed by atoms with E-state index < -0.39 is 6.10 Å². The van der Waals surface area contributed by atoms with Gasteiger partial charge in [0.2, 0.25) is 5.95 Å².